The molecule has 0 saturated heterocycles. The Labute approximate surface area is 115 Å². The van der Waals surface area contributed by atoms with Gasteiger partial charge in [-0.2, -0.15) is 0 Å². The van der Waals surface area contributed by atoms with Crippen LogP contribution in [0.15, 0.2) is 29.2 Å². The Hall–Kier alpha value is -1.08. The number of nitrogens with one attached hydrogen (secondary N) is 1. The topological polar surface area (TPSA) is 63.2 Å². The number of amides is 1. The van der Waals surface area contributed by atoms with Gasteiger partial charge in [-0.1, -0.05) is 18.2 Å². The lowest BCUT2D eigenvalue weighted by Gasteiger charge is -2.11. The maximum absolute atomic E-state index is 12.0. The second kappa shape index (κ2) is 5.92. The molecule has 1 amide bonds. The Morgan fingerprint density at radius 2 is 2.16 bits per heavy atom. The SMILES string of the molecule is O=C(NS(=O)(=O)CCCF)[C@@H]1CSc2ccccc21. The molecule has 1 N–H and O–H groups in total. The molecule has 0 radical (unpaired) electrons. The number of alkyl halides is 1. The number of rotatable bonds is 5. The highest BCUT2D eigenvalue weighted by Gasteiger charge is 2.31. The van der Waals surface area contributed by atoms with E-state index in [1.165, 1.54) is 11.8 Å². The molecule has 0 saturated carbocycles. The van der Waals surface area contributed by atoms with E-state index in [1.54, 1.807) is 0 Å². The van der Waals surface area contributed by atoms with E-state index >= 15 is 0 Å². The summed E-state index contributed by atoms with van der Waals surface area (Å²) in [6.45, 7) is -0.711. The van der Waals surface area contributed by atoms with E-state index in [0.717, 1.165) is 10.5 Å². The summed E-state index contributed by atoms with van der Waals surface area (Å²) < 4.78 is 37.1. The molecule has 104 valence electrons. The van der Waals surface area contributed by atoms with Gasteiger partial charge in [0.05, 0.1) is 18.3 Å². The number of thioether (sulfide) groups is 1. The molecule has 0 fully saturated rings. The molecule has 0 bridgehead atoms. The van der Waals surface area contributed by atoms with Crippen molar-refractivity contribution in [2.45, 2.75) is 17.2 Å². The summed E-state index contributed by atoms with van der Waals surface area (Å²) in [6, 6.07) is 7.44. The monoisotopic (exact) mass is 303 g/mol. The van der Waals surface area contributed by atoms with Gasteiger partial charge >= 0.3 is 0 Å². The number of fused-ring (bicyclic) bond motifs is 1. The van der Waals surface area contributed by atoms with Gasteiger partial charge in [0, 0.05) is 10.6 Å². The minimum atomic E-state index is -3.73. The van der Waals surface area contributed by atoms with Crippen molar-refractivity contribution in [2.24, 2.45) is 0 Å². The maximum atomic E-state index is 12.0. The molecule has 1 aliphatic heterocycles. The first-order chi connectivity index (χ1) is 9.03. The second-order valence-electron chi connectivity index (χ2n) is 4.23. The average Bonchev–Trinajstić information content (AvgIpc) is 2.80. The predicted octanol–water partition coefficient (Wildman–Crippen LogP) is 1.68. The van der Waals surface area contributed by atoms with Crippen LogP contribution in [-0.2, 0) is 14.8 Å². The third-order valence-electron chi connectivity index (χ3n) is 2.82. The molecule has 2 rings (SSSR count). The van der Waals surface area contributed by atoms with Gasteiger partial charge in [0.2, 0.25) is 15.9 Å². The molecule has 4 nitrogen and oxygen atoms in total. The van der Waals surface area contributed by atoms with Crippen LogP contribution in [0.1, 0.15) is 17.9 Å². The zero-order valence-electron chi connectivity index (χ0n) is 10.1. The molecule has 1 aliphatic rings. The highest BCUT2D eigenvalue weighted by molar-refractivity contribution is 7.99. The lowest BCUT2D eigenvalue weighted by Crippen LogP contribution is -2.36. The standard InChI is InChI=1S/C12H14FNO3S2/c13-6-3-7-19(16,17)14-12(15)10-8-18-11-5-2-1-4-9(10)11/h1-2,4-5,10H,3,6-8H2,(H,14,15)/t10-/m1/s1. The van der Waals surface area contributed by atoms with Gasteiger partial charge in [-0.3, -0.25) is 13.9 Å². The molecular weight excluding hydrogens is 289 g/mol. The summed E-state index contributed by atoms with van der Waals surface area (Å²) in [5, 5.41) is 0. The quantitative estimate of drug-likeness (QED) is 0.899. The summed E-state index contributed by atoms with van der Waals surface area (Å²) in [4.78, 5) is 13.0. The molecule has 0 aromatic heterocycles. The molecule has 7 heteroatoms. The van der Waals surface area contributed by atoms with Gasteiger partial charge in [-0.25, -0.2) is 8.42 Å². The Morgan fingerprint density at radius 3 is 2.89 bits per heavy atom. The largest absolute Gasteiger partial charge is 0.273 e. The fourth-order valence-corrected chi connectivity index (χ4v) is 4.17. The Balaban J connectivity index is 2.06. The van der Waals surface area contributed by atoms with E-state index < -0.39 is 28.5 Å². The molecule has 0 unspecified atom stereocenters. The minimum absolute atomic E-state index is 0.0986. The smallest absolute Gasteiger partial charge is 0.241 e. The molecule has 1 aromatic rings. The summed E-state index contributed by atoms with van der Waals surface area (Å²) in [7, 11) is -3.73. The van der Waals surface area contributed by atoms with Crippen molar-refractivity contribution >= 4 is 27.7 Å². The molecule has 1 heterocycles. The van der Waals surface area contributed by atoms with Gasteiger partial charge in [0.25, 0.3) is 0 Å². The number of carbonyl (C=O) groups excluding carboxylic acids is 1. The van der Waals surface area contributed by atoms with Gasteiger partial charge in [-0.15, -0.1) is 11.8 Å². The third-order valence-corrected chi connectivity index (χ3v) is 5.34. The van der Waals surface area contributed by atoms with Gasteiger partial charge in [0.15, 0.2) is 0 Å². The van der Waals surface area contributed by atoms with Crippen LogP contribution in [0, 0.1) is 0 Å². The maximum Gasteiger partial charge on any atom is 0.241 e. The van der Waals surface area contributed by atoms with Crippen LogP contribution >= 0.6 is 11.8 Å². The molecule has 19 heavy (non-hydrogen) atoms. The number of sulfonamides is 1. The zero-order valence-corrected chi connectivity index (χ0v) is 11.8. The van der Waals surface area contributed by atoms with E-state index in [4.69, 9.17) is 0 Å². The van der Waals surface area contributed by atoms with Crippen molar-refractivity contribution < 1.29 is 17.6 Å². The van der Waals surface area contributed by atoms with Gasteiger partial charge in [0.1, 0.15) is 0 Å². The fourth-order valence-electron chi connectivity index (χ4n) is 1.90. The van der Waals surface area contributed by atoms with Crippen LogP contribution in [0.4, 0.5) is 4.39 Å². The highest BCUT2D eigenvalue weighted by atomic mass is 32.2. The van der Waals surface area contributed by atoms with Crippen LogP contribution in [0.25, 0.3) is 0 Å². The lowest BCUT2D eigenvalue weighted by atomic mass is 10.0. The van der Waals surface area contributed by atoms with Crippen molar-refractivity contribution in [1.29, 1.82) is 0 Å². The van der Waals surface area contributed by atoms with E-state index in [9.17, 15) is 17.6 Å². The summed E-state index contributed by atoms with van der Waals surface area (Å²) in [5.41, 5.74) is 0.852. The van der Waals surface area contributed by atoms with Crippen LogP contribution < -0.4 is 4.72 Å². The third kappa shape index (κ3) is 3.48. The van der Waals surface area contributed by atoms with E-state index in [2.05, 4.69) is 0 Å². The molecule has 1 aromatic carbocycles. The summed E-state index contributed by atoms with van der Waals surface area (Å²) >= 11 is 1.53. The van der Waals surface area contributed by atoms with Crippen LogP contribution in [0.2, 0.25) is 0 Å². The van der Waals surface area contributed by atoms with E-state index in [-0.39, 0.29) is 12.2 Å². The average molecular weight is 303 g/mol. The van der Waals surface area contributed by atoms with Crippen LogP contribution in [0.5, 0.6) is 0 Å². The summed E-state index contributed by atoms with van der Waals surface area (Å²) in [5.74, 6) is -0.821. The van der Waals surface area contributed by atoms with Gasteiger partial charge in [-0.05, 0) is 18.1 Å². The molecule has 0 spiro atoms. The Kier molecular flexibility index (Phi) is 4.46. The molecule has 0 aliphatic carbocycles. The van der Waals surface area contributed by atoms with Crippen molar-refractivity contribution in [3.05, 3.63) is 29.8 Å². The number of hydrogen-bond donors (Lipinski definition) is 1. The van der Waals surface area contributed by atoms with E-state index in [1.807, 2.05) is 29.0 Å². The Bertz CT molecular complexity index is 574. The fraction of sp³-hybridized carbons (Fsp3) is 0.417. The van der Waals surface area contributed by atoms with Gasteiger partial charge < -0.3 is 0 Å². The number of benzene rings is 1. The lowest BCUT2D eigenvalue weighted by molar-refractivity contribution is -0.120. The molecular formula is C12H14FNO3S2. The number of carbonyl (C=O) groups is 1. The van der Waals surface area contributed by atoms with E-state index in [0.29, 0.717) is 5.75 Å². The van der Waals surface area contributed by atoms with Crippen LogP contribution in [-0.4, -0.2) is 32.5 Å². The Morgan fingerprint density at radius 1 is 1.42 bits per heavy atom. The highest BCUT2D eigenvalue weighted by Crippen LogP contribution is 2.39. The summed E-state index contributed by atoms with van der Waals surface area (Å²) in [6.07, 6.45) is -0.0986. The molecule has 1 atom stereocenters. The van der Waals surface area contributed by atoms with Crippen molar-refractivity contribution in [2.75, 3.05) is 18.2 Å². The normalized spacial score (nSPS) is 18.1. The number of hydrogen-bond acceptors (Lipinski definition) is 4. The first kappa shape index (κ1) is 14.3. The van der Waals surface area contributed by atoms with Crippen molar-refractivity contribution in [3.8, 4) is 0 Å². The van der Waals surface area contributed by atoms with Crippen molar-refractivity contribution in [1.82, 2.24) is 4.72 Å². The minimum Gasteiger partial charge on any atom is -0.273 e. The first-order valence-corrected chi connectivity index (χ1v) is 8.49. The predicted molar refractivity (Wildman–Crippen MR) is 72.4 cm³/mol. The first-order valence-electron chi connectivity index (χ1n) is 5.85. The van der Waals surface area contributed by atoms with Crippen LogP contribution in [0.3, 0.4) is 0 Å². The zero-order chi connectivity index (χ0) is 13.9. The second-order valence-corrected chi connectivity index (χ2v) is 7.13. The van der Waals surface area contributed by atoms with Crippen molar-refractivity contribution in [3.63, 3.8) is 0 Å². The number of halogens is 1.